The van der Waals surface area contributed by atoms with Crippen molar-refractivity contribution in [2.45, 2.75) is 58.8 Å². The minimum absolute atomic E-state index is 0.208. The second kappa shape index (κ2) is 7.37. The van der Waals surface area contributed by atoms with Crippen LogP contribution in [-0.4, -0.2) is 19.1 Å². The Balaban J connectivity index is 1.65. The van der Waals surface area contributed by atoms with E-state index in [9.17, 15) is 4.79 Å². The van der Waals surface area contributed by atoms with Crippen LogP contribution >= 0.6 is 0 Å². The lowest BCUT2D eigenvalue weighted by molar-refractivity contribution is -0.123. The molecule has 1 heterocycles. The molecule has 0 radical (unpaired) electrons. The molecule has 0 atom stereocenters. The molecule has 1 aliphatic carbocycles. The first-order valence-corrected chi connectivity index (χ1v) is 9.24. The number of rotatable bonds is 4. The van der Waals surface area contributed by atoms with Gasteiger partial charge in [0, 0.05) is 5.92 Å². The summed E-state index contributed by atoms with van der Waals surface area (Å²) in [6, 6.07) is 6.12. The zero-order valence-electron chi connectivity index (χ0n) is 14.5. The van der Waals surface area contributed by atoms with E-state index in [4.69, 9.17) is 4.74 Å². The van der Waals surface area contributed by atoms with Gasteiger partial charge in [-0.05, 0) is 56.2 Å². The second-order valence-corrected chi connectivity index (χ2v) is 7.17. The van der Waals surface area contributed by atoms with Crippen molar-refractivity contribution >= 4 is 11.6 Å². The molecule has 126 valence electrons. The molecule has 3 nitrogen and oxygen atoms in total. The standard InChI is InChI=1S/C20H29NO2/c1-3-4-5-16-7-9-17(10-8-16)20(22)21-12-13-23-19-11-6-15(2)14-18(19)21/h6,11,14,16-17H,3-5,7-10,12-13H2,1-2H3. The normalized spacial score (nSPS) is 24.0. The van der Waals surface area contributed by atoms with E-state index in [1.54, 1.807) is 0 Å². The van der Waals surface area contributed by atoms with Gasteiger partial charge in [0.15, 0.2) is 0 Å². The van der Waals surface area contributed by atoms with Gasteiger partial charge in [-0.3, -0.25) is 4.79 Å². The number of fused-ring (bicyclic) bond motifs is 1. The van der Waals surface area contributed by atoms with Gasteiger partial charge in [-0.25, -0.2) is 0 Å². The lowest BCUT2D eigenvalue weighted by Crippen LogP contribution is -2.42. The fourth-order valence-electron chi connectivity index (χ4n) is 3.97. The molecule has 3 rings (SSSR count). The summed E-state index contributed by atoms with van der Waals surface area (Å²) in [6.07, 6.45) is 8.53. The molecule has 1 saturated carbocycles. The number of aryl methyl sites for hydroxylation is 1. The lowest BCUT2D eigenvalue weighted by atomic mass is 9.79. The van der Waals surface area contributed by atoms with Crippen LogP contribution < -0.4 is 9.64 Å². The average Bonchev–Trinajstić information content (AvgIpc) is 2.59. The summed E-state index contributed by atoms with van der Waals surface area (Å²) in [4.78, 5) is 15.0. The molecule has 1 aromatic carbocycles. The number of carbonyl (C=O) groups is 1. The second-order valence-electron chi connectivity index (χ2n) is 7.17. The Morgan fingerprint density at radius 2 is 2.04 bits per heavy atom. The zero-order valence-corrected chi connectivity index (χ0v) is 14.5. The summed E-state index contributed by atoms with van der Waals surface area (Å²) in [5.41, 5.74) is 2.14. The Bertz CT molecular complexity index is 547. The Hall–Kier alpha value is -1.51. The highest BCUT2D eigenvalue weighted by Crippen LogP contribution is 2.37. The van der Waals surface area contributed by atoms with E-state index in [1.807, 2.05) is 17.0 Å². The van der Waals surface area contributed by atoms with Crippen LogP contribution in [0.25, 0.3) is 0 Å². The van der Waals surface area contributed by atoms with E-state index in [0.717, 1.165) is 30.2 Å². The fourth-order valence-corrected chi connectivity index (χ4v) is 3.97. The molecule has 1 aliphatic heterocycles. The molecule has 1 amide bonds. The first-order valence-electron chi connectivity index (χ1n) is 9.24. The van der Waals surface area contributed by atoms with Gasteiger partial charge >= 0.3 is 0 Å². The maximum absolute atomic E-state index is 13.0. The van der Waals surface area contributed by atoms with Crippen molar-refractivity contribution in [1.29, 1.82) is 0 Å². The Morgan fingerprint density at radius 3 is 2.78 bits per heavy atom. The van der Waals surface area contributed by atoms with Gasteiger partial charge < -0.3 is 9.64 Å². The fraction of sp³-hybridized carbons (Fsp3) is 0.650. The lowest BCUT2D eigenvalue weighted by Gasteiger charge is -2.35. The average molecular weight is 315 g/mol. The van der Waals surface area contributed by atoms with Crippen LogP contribution in [0, 0.1) is 18.8 Å². The van der Waals surface area contributed by atoms with Crippen molar-refractivity contribution in [2.24, 2.45) is 11.8 Å². The van der Waals surface area contributed by atoms with Crippen molar-refractivity contribution in [3.8, 4) is 5.75 Å². The zero-order chi connectivity index (χ0) is 16.2. The van der Waals surface area contributed by atoms with Crippen molar-refractivity contribution in [2.75, 3.05) is 18.1 Å². The van der Waals surface area contributed by atoms with E-state index in [0.29, 0.717) is 19.1 Å². The van der Waals surface area contributed by atoms with Gasteiger partial charge in [0.05, 0.1) is 12.2 Å². The molecule has 0 aromatic heterocycles. The predicted octanol–water partition coefficient (Wildman–Crippen LogP) is 4.72. The Morgan fingerprint density at radius 1 is 1.26 bits per heavy atom. The third-order valence-corrected chi connectivity index (χ3v) is 5.41. The van der Waals surface area contributed by atoms with E-state index >= 15 is 0 Å². The van der Waals surface area contributed by atoms with Crippen LogP contribution in [0.15, 0.2) is 18.2 Å². The summed E-state index contributed by atoms with van der Waals surface area (Å²) >= 11 is 0. The van der Waals surface area contributed by atoms with Crippen LogP contribution in [0.4, 0.5) is 5.69 Å². The molecule has 1 fully saturated rings. The SMILES string of the molecule is CCCCC1CCC(C(=O)N2CCOc3ccc(C)cc32)CC1. The maximum Gasteiger partial charge on any atom is 0.230 e. The van der Waals surface area contributed by atoms with E-state index in [1.165, 1.54) is 37.7 Å². The number of hydrogen-bond acceptors (Lipinski definition) is 2. The van der Waals surface area contributed by atoms with Crippen LogP contribution in [0.5, 0.6) is 5.75 Å². The van der Waals surface area contributed by atoms with Crippen molar-refractivity contribution in [3.05, 3.63) is 23.8 Å². The smallest absolute Gasteiger partial charge is 0.230 e. The largest absolute Gasteiger partial charge is 0.490 e. The first-order chi connectivity index (χ1) is 11.2. The predicted molar refractivity (Wildman–Crippen MR) is 94.0 cm³/mol. The molecule has 23 heavy (non-hydrogen) atoms. The molecule has 0 spiro atoms. The number of nitrogens with zero attached hydrogens (tertiary/aromatic N) is 1. The van der Waals surface area contributed by atoms with Gasteiger partial charge in [0.25, 0.3) is 0 Å². The van der Waals surface area contributed by atoms with Gasteiger partial charge in [0.1, 0.15) is 12.4 Å². The van der Waals surface area contributed by atoms with Crippen molar-refractivity contribution in [3.63, 3.8) is 0 Å². The highest BCUT2D eigenvalue weighted by atomic mass is 16.5. The maximum atomic E-state index is 13.0. The minimum atomic E-state index is 0.208. The monoisotopic (exact) mass is 315 g/mol. The Kier molecular flexibility index (Phi) is 5.24. The summed E-state index contributed by atoms with van der Waals surface area (Å²) in [6.45, 7) is 5.61. The Labute approximate surface area is 140 Å². The molecule has 3 heteroatoms. The van der Waals surface area contributed by atoms with Gasteiger partial charge in [-0.15, -0.1) is 0 Å². The van der Waals surface area contributed by atoms with Crippen LogP contribution in [0.2, 0.25) is 0 Å². The number of anilines is 1. The van der Waals surface area contributed by atoms with Gasteiger partial charge in [-0.2, -0.15) is 0 Å². The summed E-state index contributed by atoms with van der Waals surface area (Å²) in [5, 5.41) is 0. The summed E-state index contributed by atoms with van der Waals surface area (Å²) in [7, 11) is 0. The summed E-state index contributed by atoms with van der Waals surface area (Å²) < 4.78 is 5.71. The number of unbranched alkanes of at least 4 members (excludes halogenated alkanes) is 1. The van der Waals surface area contributed by atoms with E-state index in [2.05, 4.69) is 19.9 Å². The van der Waals surface area contributed by atoms with Gasteiger partial charge in [0.2, 0.25) is 5.91 Å². The van der Waals surface area contributed by atoms with Gasteiger partial charge in [-0.1, -0.05) is 32.3 Å². The number of hydrogen-bond donors (Lipinski definition) is 0. The molecule has 0 bridgehead atoms. The van der Waals surface area contributed by atoms with Crippen molar-refractivity contribution < 1.29 is 9.53 Å². The van der Waals surface area contributed by atoms with Crippen LogP contribution in [0.3, 0.4) is 0 Å². The topological polar surface area (TPSA) is 29.5 Å². The number of carbonyl (C=O) groups excluding carboxylic acids is 1. The molecule has 1 aromatic rings. The molecular weight excluding hydrogens is 286 g/mol. The van der Waals surface area contributed by atoms with E-state index in [-0.39, 0.29) is 5.92 Å². The van der Waals surface area contributed by atoms with Crippen LogP contribution in [-0.2, 0) is 4.79 Å². The first kappa shape index (κ1) is 16.4. The highest BCUT2D eigenvalue weighted by molar-refractivity contribution is 5.97. The molecular formula is C20H29NO2. The molecule has 0 saturated heterocycles. The molecule has 2 aliphatic rings. The quantitative estimate of drug-likeness (QED) is 0.805. The number of amides is 1. The van der Waals surface area contributed by atoms with E-state index < -0.39 is 0 Å². The minimum Gasteiger partial charge on any atom is -0.490 e. The summed E-state index contributed by atoms with van der Waals surface area (Å²) in [5.74, 6) is 2.22. The third kappa shape index (κ3) is 3.70. The van der Waals surface area contributed by atoms with Crippen molar-refractivity contribution in [1.82, 2.24) is 0 Å². The number of ether oxygens (including phenoxy) is 1. The molecule has 0 N–H and O–H groups in total. The van der Waals surface area contributed by atoms with Crippen LogP contribution in [0.1, 0.15) is 57.4 Å². The number of benzene rings is 1. The highest BCUT2D eigenvalue weighted by Gasteiger charge is 2.32. The molecule has 0 unspecified atom stereocenters. The third-order valence-electron chi connectivity index (χ3n) is 5.41.